The van der Waals surface area contributed by atoms with Crippen LogP contribution in [-0.4, -0.2) is 15.9 Å². The van der Waals surface area contributed by atoms with Crippen molar-refractivity contribution in [3.63, 3.8) is 0 Å². The molecule has 3 aromatic carbocycles. The molecular weight excluding hydrogens is 368 g/mol. The van der Waals surface area contributed by atoms with Crippen molar-refractivity contribution in [1.29, 1.82) is 5.26 Å². The van der Waals surface area contributed by atoms with Gasteiger partial charge in [0, 0.05) is 21.9 Å². The van der Waals surface area contributed by atoms with Crippen LogP contribution in [0.25, 0.3) is 10.8 Å². The molecule has 0 aliphatic carbocycles. The Bertz CT molecular complexity index is 1130. The van der Waals surface area contributed by atoms with Crippen LogP contribution in [0, 0.1) is 11.3 Å². The van der Waals surface area contributed by atoms with Crippen molar-refractivity contribution in [3.05, 3.63) is 107 Å². The summed E-state index contributed by atoms with van der Waals surface area (Å²) in [7, 11) is 0. The van der Waals surface area contributed by atoms with Gasteiger partial charge in [0.1, 0.15) is 5.69 Å². The van der Waals surface area contributed by atoms with Gasteiger partial charge in [0.05, 0.1) is 23.0 Å². The summed E-state index contributed by atoms with van der Waals surface area (Å²) in [6.45, 7) is 0. The van der Waals surface area contributed by atoms with Gasteiger partial charge in [-0.15, -0.1) is 0 Å². The van der Waals surface area contributed by atoms with Crippen LogP contribution in [0.2, 0.25) is 5.02 Å². The molecule has 4 nitrogen and oxygen atoms in total. The van der Waals surface area contributed by atoms with Crippen LogP contribution in [0.1, 0.15) is 22.9 Å². The number of nitrogens with zero attached hydrogens (tertiary/aromatic N) is 4. The smallest absolute Gasteiger partial charge is 0.181 e. The van der Waals surface area contributed by atoms with E-state index < -0.39 is 6.04 Å². The van der Waals surface area contributed by atoms with Crippen molar-refractivity contribution in [2.45, 2.75) is 6.04 Å². The molecule has 1 aromatic heterocycles. The number of aromatic nitrogens is 2. The number of aliphatic imine (C=N–C) groups is 1. The SMILES string of the molecule is N#CC(N=C(c1ccccc1)c1ccccc1)c1nncc2cccc(Cl)c12. The van der Waals surface area contributed by atoms with Crippen molar-refractivity contribution in [2.75, 3.05) is 0 Å². The Kier molecular flexibility index (Phi) is 5.09. The topological polar surface area (TPSA) is 61.9 Å². The Morgan fingerprint density at radius 1 is 0.893 bits per heavy atom. The molecule has 0 saturated heterocycles. The third-order valence-electron chi connectivity index (χ3n) is 4.40. The maximum atomic E-state index is 9.90. The fourth-order valence-corrected chi connectivity index (χ4v) is 3.38. The molecule has 28 heavy (non-hydrogen) atoms. The standard InChI is InChI=1S/C23H15ClN4/c24-19-13-7-12-18-15-26-28-23(21(18)19)20(14-25)27-22(16-8-3-1-4-9-16)17-10-5-2-6-11-17/h1-13,15,20H. The lowest BCUT2D eigenvalue weighted by Gasteiger charge is -2.12. The molecule has 0 bridgehead atoms. The Morgan fingerprint density at radius 2 is 1.54 bits per heavy atom. The van der Waals surface area contributed by atoms with Gasteiger partial charge in [-0.3, -0.25) is 4.99 Å². The molecule has 1 heterocycles. The van der Waals surface area contributed by atoms with E-state index in [1.165, 1.54) is 0 Å². The van der Waals surface area contributed by atoms with E-state index in [0.717, 1.165) is 22.2 Å². The second-order valence-corrected chi connectivity index (χ2v) is 6.58. The van der Waals surface area contributed by atoms with E-state index in [0.29, 0.717) is 16.1 Å². The molecule has 134 valence electrons. The summed E-state index contributed by atoms with van der Waals surface area (Å²) in [6, 6.07) is 26.5. The van der Waals surface area contributed by atoms with Crippen LogP contribution in [0.3, 0.4) is 0 Å². The fraction of sp³-hybridized carbons (Fsp3) is 0.0435. The van der Waals surface area contributed by atoms with E-state index in [4.69, 9.17) is 16.6 Å². The molecule has 0 aliphatic rings. The first kappa shape index (κ1) is 17.8. The van der Waals surface area contributed by atoms with Gasteiger partial charge in [-0.1, -0.05) is 84.4 Å². The Labute approximate surface area is 167 Å². The number of halogens is 1. The predicted molar refractivity (Wildman–Crippen MR) is 111 cm³/mol. The van der Waals surface area contributed by atoms with Crippen LogP contribution in [0.5, 0.6) is 0 Å². The number of hydrogen-bond acceptors (Lipinski definition) is 4. The van der Waals surface area contributed by atoms with E-state index in [1.807, 2.05) is 72.8 Å². The molecule has 0 amide bonds. The zero-order valence-corrected chi connectivity index (χ0v) is 15.6. The van der Waals surface area contributed by atoms with Crippen LogP contribution >= 0.6 is 11.6 Å². The van der Waals surface area contributed by atoms with Gasteiger partial charge >= 0.3 is 0 Å². The molecule has 1 unspecified atom stereocenters. The lowest BCUT2D eigenvalue weighted by Crippen LogP contribution is -2.08. The van der Waals surface area contributed by atoms with E-state index in [9.17, 15) is 5.26 Å². The molecule has 1 atom stereocenters. The number of fused-ring (bicyclic) bond motifs is 1. The highest BCUT2D eigenvalue weighted by molar-refractivity contribution is 6.35. The first-order valence-corrected chi connectivity index (χ1v) is 9.14. The van der Waals surface area contributed by atoms with Crippen LogP contribution in [0.4, 0.5) is 0 Å². The van der Waals surface area contributed by atoms with E-state index in [2.05, 4.69) is 16.3 Å². The fourth-order valence-electron chi connectivity index (χ4n) is 3.10. The molecule has 5 heteroatoms. The largest absolute Gasteiger partial charge is 0.259 e. The second kappa shape index (κ2) is 7.99. The Morgan fingerprint density at radius 3 is 2.14 bits per heavy atom. The third kappa shape index (κ3) is 3.48. The molecular formula is C23H15ClN4. The molecule has 4 rings (SSSR count). The number of nitriles is 1. The molecule has 0 N–H and O–H groups in total. The maximum absolute atomic E-state index is 9.90. The molecule has 0 spiro atoms. The Hall–Kier alpha value is -3.55. The van der Waals surface area contributed by atoms with Crippen LogP contribution in [0.15, 0.2) is 90.1 Å². The van der Waals surface area contributed by atoms with Gasteiger partial charge in [0.2, 0.25) is 0 Å². The third-order valence-corrected chi connectivity index (χ3v) is 4.71. The van der Waals surface area contributed by atoms with Crippen molar-refractivity contribution in [3.8, 4) is 6.07 Å². The van der Waals surface area contributed by atoms with Crippen molar-refractivity contribution in [1.82, 2.24) is 10.2 Å². The average Bonchev–Trinajstić information content (AvgIpc) is 2.76. The number of rotatable bonds is 4. The van der Waals surface area contributed by atoms with Gasteiger partial charge in [0.15, 0.2) is 6.04 Å². The summed E-state index contributed by atoms with van der Waals surface area (Å²) >= 11 is 6.41. The summed E-state index contributed by atoms with van der Waals surface area (Å²) in [5, 5.41) is 20.2. The predicted octanol–water partition coefficient (Wildman–Crippen LogP) is 5.39. The summed E-state index contributed by atoms with van der Waals surface area (Å²) in [6.07, 6.45) is 1.64. The average molecular weight is 383 g/mol. The number of benzene rings is 3. The zero-order chi connectivity index (χ0) is 19.3. The molecule has 0 saturated carbocycles. The Balaban J connectivity index is 1.92. The van der Waals surface area contributed by atoms with Gasteiger partial charge in [-0.05, 0) is 6.07 Å². The van der Waals surface area contributed by atoms with Gasteiger partial charge in [0.25, 0.3) is 0 Å². The van der Waals surface area contributed by atoms with Crippen molar-refractivity contribution < 1.29 is 0 Å². The molecule has 0 aliphatic heterocycles. The summed E-state index contributed by atoms with van der Waals surface area (Å²) in [5.41, 5.74) is 3.02. The zero-order valence-electron chi connectivity index (χ0n) is 14.8. The van der Waals surface area contributed by atoms with Crippen LogP contribution < -0.4 is 0 Å². The molecule has 0 fully saturated rings. The van der Waals surface area contributed by atoms with Crippen molar-refractivity contribution >= 4 is 28.1 Å². The highest BCUT2D eigenvalue weighted by Gasteiger charge is 2.19. The molecule has 0 radical (unpaired) electrons. The minimum absolute atomic E-state index is 0.454. The lowest BCUT2D eigenvalue weighted by molar-refractivity contribution is 0.843. The molecule has 4 aromatic rings. The first-order chi connectivity index (χ1) is 13.8. The minimum atomic E-state index is -0.841. The normalized spacial score (nSPS) is 11.6. The summed E-state index contributed by atoms with van der Waals surface area (Å²) in [5.74, 6) is 0. The summed E-state index contributed by atoms with van der Waals surface area (Å²) < 4.78 is 0. The van der Waals surface area contributed by atoms with E-state index in [1.54, 1.807) is 12.3 Å². The number of hydrogen-bond donors (Lipinski definition) is 0. The van der Waals surface area contributed by atoms with E-state index >= 15 is 0 Å². The second-order valence-electron chi connectivity index (χ2n) is 6.18. The van der Waals surface area contributed by atoms with Crippen molar-refractivity contribution in [2.24, 2.45) is 4.99 Å². The summed E-state index contributed by atoms with van der Waals surface area (Å²) in [4.78, 5) is 4.79. The van der Waals surface area contributed by atoms with Gasteiger partial charge < -0.3 is 0 Å². The highest BCUT2D eigenvalue weighted by atomic mass is 35.5. The highest BCUT2D eigenvalue weighted by Crippen LogP contribution is 2.30. The van der Waals surface area contributed by atoms with E-state index in [-0.39, 0.29) is 0 Å². The minimum Gasteiger partial charge on any atom is -0.259 e. The maximum Gasteiger partial charge on any atom is 0.181 e. The monoisotopic (exact) mass is 382 g/mol. The van der Waals surface area contributed by atoms with Gasteiger partial charge in [-0.25, -0.2) is 0 Å². The quantitative estimate of drug-likeness (QED) is 0.445. The first-order valence-electron chi connectivity index (χ1n) is 8.76. The van der Waals surface area contributed by atoms with Crippen LogP contribution in [-0.2, 0) is 0 Å². The lowest BCUT2D eigenvalue weighted by atomic mass is 10.0. The van der Waals surface area contributed by atoms with Gasteiger partial charge in [-0.2, -0.15) is 15.5 Å².